The van der Waals surface area contributed by atoms with E-state index in [1.54, 1.807) is 4.52 Å². The van der Waals surface area contributed by atoms with Crippen molar-refractivity contribution in [3.05, 3.63) is 89.0 Å². The third-order valence-electron chi connectivity index (χ3n) is 6.24. The molecule has 1 N–H and O–H groups in total. The Hall–Kier alpha value is -4.21. The lowest BCUT2D eigenvalue weighted by molar-refractivity contribution is -0.137. The van der Waals surface area contributed by atoms with E-state index in [0.717, 1.165) is 28.9 Å². The molecule has 184 valence electrons. The molecule has 36 heavy (non-hydrogen) atoms. The van der Waals surface area contributed by atoms with Crippen molar-refractivity contribution in [3.63, 3.8) is 0 Å². The molecule has 0 saturated carbocycles. The van der Waals surface area contributed by atoms with Gasteiger partial charge in [-0.25, -0.2) is 4.52 Å². The summed E-state index contributed by atoms with van der Waals surface area (Å²) in [6.07, 6.45) is -0.222. The van der Waals surface area contributed by atoms with Crippen LogP contribution in [0.15, 0.2) is 60.9 Å². The van der Waals surface area contributed by atoms with Gasteiger partial charge >= 0.3 is 6.18 Å². The Kier molecular flexibility index (Phi) is 5.95. The number of carbonyl (C=O) groups excluding carboxylic acids is 1. The van der Waals surface area contributed by atoms with Crippen LogP contribution in [0, 0.1) is 13.8 Å². The van der Waals surface area contributed by atoms with Gasteiger partial charge in [0, 0.05) is 37.3 Å². The predicted molar refractivity (Wildman–Crippen MR) is 128 cm³/mol. The second-order valence-electron chi connectivity index (χ2n) is 8.74. The fourth-order valence-corrected chi connectivity index (χ4v) is 4.00. The van der Waals surface area contributed by atoms with Gasteiger partial charge in [0.15, 0.2) is 5.65 Å². The quantitative estimate of drug-likeness (QED) is 0.365. The summed E-state index contributed by atoms with van der Waals surface area (Å²) in [5, 5.41) is 16.0. The highest BCUT2D eigenvalue weighted by Gasteiger charge is 2.29. The topological polar surface area (TPSA) is 76.6 Å². The van der Waals surface area contributed by atoms with Crippen LogP contribution in [0.4, 0.5) is 13.2 Å². The molecule has 1 amide bonds. The molecule has 5 rings (SSSR count). The van der Waals surface area contributed by atoms with E-state index >= 15 is 0 Å². The van der Waals surface area contributed by atoms with Gasteiger partial charge in [0.05, 0.1) is 11.3 Å². The van der Waals surface area contributed by atoms with Gasteiger partial charge in [0.25, 0.3) is 0 Å². The third kappa shape index (κ3) is 4.66. The number of benzene rings is 2. The highest BCUT2D eigenvalue weighted by Crippen LogP contribution is 2.29. The predicted octanol–water partition coefficient (Wildman–Crippen LogP) is 4.93. The zero-order valence-electron chi connectivity index (χ0n) is 19.7. The number of alkyl halides is 3. The van der Waals surface area contributed by atoms with Crippen molar-refractivity contribution >= 4 is 17.1 Å². The first-order valence-electron chi connectivity index (χ1n) is 11.4. The van der Waals surface area contributed by atoms with Crippen molar-refractivity contribution in [1.29, 1.82) is 0 Å². The molecule has 0 radical (unpaired) electrons. The summed E-state index contributed by atoms with van der Waals surface area (Å²) in [5.74, 6) is 0.403. The van der Waals surface area contributed by atoms with Crippen LogP contribution in [0.2, 0.25) is 0 Å². The summed E-state index contributed by atoms with van der Waals surface area (Å²) in [6, 6.07) is 12.9. The lowest BCUT2D eigenvalue weighted by Gasteiger charge is -2.08. The number of aromatic nitrogens is 5. The van der Waals surface area contributed by atoms with Gasteiger partial charge in [-0.15, -0.1) is 10.2 Å². The van der Waals surface area contributed by atoms with Crippen molar-refractivity contribution in [2.45, 2.75) is 39.4 Å². The molecule has 0 fully saturated rings. The first-order chi connectivity index (χ1) is 17.2. The van der Waals surface area contributed by atoms with E-state index in [9.17, 15) is 18.0 Å². The second-order valence-corrected chi connectivity index (χ2v) is 8.74. The van der Waals surface area contributed by atoms with Crippen LogP contribution in [0.3, 0.4) is 0 Å². The van der Waals surface area contributed by atoms with Gasteiger partial charge < -0.3 is 5.32 Å². The molecule has 0 aliphatic carbocycles. The molecule has 0 aliphatic rings. The average Bonchev–Trinajstić information content (AvgIpc) is 3.47. The lowest BCUT2D eigenvalue weighted by Crippen LogP contribution is -2.23. The van der Waals surface area contributed by atoms with Crippen LogP contribution < -0.4 is 5.32 Å². The van der Waals surface area contributed by atoms with Gasteiger partial charge in [-0.1, -0.05) is 24.3 Å². The lowest BCUT2D eigenvalue weighted by atomic mass is 10.0. The molecule has 7 nitrogen and oxygen atoms in total. The number of hydrogen-bond acceptors (Lipinski definition) is 4. The molecule has 0 aliphatic heterocycles. The largest absolute Gasteiger partial charge is 0.416 e. The van der Waals surface area contributed by atoms with Gasteiger partial charge in [-0.2, -0.15) is 18.3 Å². The van der Waals surface area contributed by atoms with Crippen LogP contribution in [-0.4, -0.2) is 30.1 Å². The van der Waals surface area contributed by atoms with E-state index in [1.165, 1.54) is 23.3 Å². The maximum atomic E-state index is 12.7. The number of halogens is 3. The van der Waals surface area contributed by atoms with Crippen molar-refractivity contribution in [1.82, 2.24) is 29.5 Å². The first kappa shape index (κ1) is 23.5. The SMILES string of the molecule is Cc1ccc(-c2cc3c4nnc(CCC(=O)NCc5ccc(C(F)(F)F)cc5)n4ccn3n2)cc1C. The van der Waals surface area contributed by atoms with Gasteiger partial charge in [0.1, 0.15) is 11.3 Å². The molecule has 2 aromatic carbocycles. The number of nitrogens with one attached hydrogen (secondary N) is 1. The molecule has 0 unspecified atom stereocenters. The van der Waals surface area contributed by atoms with Crippen molar-refractivity contribution in [3.8, 4) is 11.3 Å². The Bertz CT molecular complexity index is 1570. The molecule has 0 saturated heterocycles. The number of nitrogens with zero attached hydrogens (tertiary/aromatic N) is 5. The van der Waals surface area contributed by atoms with E-state index in [4.69, 9.17) is 0 Å². The molecule has 0 atom stereocenters. The number of aryl methyl sites for hydroxylation is 3. The highest BCUT2D eigenvalue weighted by molar-refractivity contribution is 5.77. The van der Waals surface area contributed by atoms with Crippen molar-refractivity contribution < 1.29 is 18.0 Å². The number of rotatable bonds is 6. The molecular formula is C26H23F3N6O. The number of amides is 1. The summed E-state index contributed by atoms with van der Waals surface area (Å²) in [5.41, 5.74) is 5.57. The molecule has 5 aromatic rings. The van der Waals surface area contributed by atoms with Crippen LogP contribution in [0.25, 0.3) is 22.4 Å². The molecule has 10 heteroatoms. The van der Waals surface area contributed by atoms with Crippen molar-refractivity contribution in [2.75, 3.05) is 0 Å². The van der Waals surface area contributed by atoms with E-state index in [-0.39, 0.29) is 18.9 Å². The molecule has 3 heterocycles. The summed E-state index contributed by atoms with van der Waals surface area (Å²) in [4.78, 5) is 12.3. The molecule has 3 aromatic heterocycles. The maximum absolute atomic E-state index is 12.7. The smallest absolute Gasteiger partial charge is 0.352 e. The summed E-state index contributed by atoms with van der Waals surface area (Å²) in [7, 11) is 0. The second kappa shape index (κ2) is 9.10. The number of fused-ring (bicyclic) bond motifs is 3. The van der Waals surface area contributed by atoms with Gasteiger partial charge in [-0.3, -0.25) is 9.20 Å². The maximum Gasteiger partial charge on any atom is 0.416 e. The summed E-state index contributed by atoms with van der Waals surface area (Å²) >= 11 is 0. The minimum atomic E-state index is -4.38. The fourth-order valence-electron chi connectivity index (χ4n) is 4.00. The molecule has 0 bridgehead atoms. The van der Waals surface area contributed by atoms with Gasteiger partial charge in [-0.05, 0) is 54.8 Å². The number of carbonyl (C=O) groups is 1. The van der Waals surface area contributed by atoms with Crippen LogP contribution in [0.5, 0.6) is 0 Å². The molecule has 0 spiro atoms. The van der Waals surface area contributed by atoms with E-state index in [1.807, 2.05) is 28.9 Å². The van der Waals surface area contributed by atoms with E-state index in [2.05, 4.69) is 46.6 Å². The number of hydrogen-bond donors (Lipinski definition) is 1. The zero-order chi connectivity index (χ0) is 25.4. The van der Waals surface area contributed by atoms with Crippen LogP contribution >= 0.6 is 0 Å². The monoisotopic (exact) mass is 492 g/mol. The van der Waals surface area contributed by atoms with E-state index < -0.39 is 11.7 Å². The standard InChI is InChI=1S/C26H23F3N6O/c1-16-3-6-19(13-17(16)2)21-14-22-25-32-31-23(34(25)11-12-35(22)33-21)9-10-24(36)30-15-18-4-7-20(8-5-18)26(27,28)29/h3-8,11-14H,9-10,15H2,1-2H3,(H,30,36). The minimum absolute atomic E-state index is 0.148. The van der Waals surface area contributed by atoms with Gasteiger partial charge in [0.2, 0.25) is 5.91 Å². The Morgan fingerprint density at radius 3 is 2.47 bits per heavy atom. The van der Waals surface area contributed by atoms with Crippen LogP contribution in [-0.2, 0) is 23.9 Å². The summed E-state index contributed by atoms with van der Waals surface area (Å²) in [6.45, 7) is 4.28. The van der Waals surface area contributed by atoms with E-state index in [0.29, 0.717) is 23.5 Å². The van der Waals surface area contributed by atoms with Crippen molar-refractivity contribution in [2.24, 2.45) is 0 Å². The van der Waals surface area contributed by atoms with Crippen LogP contribution in [0.1, 0.15) is 34.5 Å². The summed E-state index contributed by atoms with van der Waals surface area (Å²) < 4.78 is 41.7. The normalized spacial score (nSPS) is 11.9. The minimum Gasteiger partial charge on any atom is -0.352 e. The average molecular weight is 493 g/mol. The first-order valence-corrected chi connectivity index (χ1v) is 11.4. The Morgan fingerprint density at radius 1 is 0.972 bits per heavy atom. The zero-order valence-corrected chi connectivity index (χ0v) is 19.7. The Balaban J connectivity index is 1.26. The Labute approximate surface area is 204 Å². The highest BCUT2D eigenvalue weighted by atomic mass is 19.4. The Morgan fingerprint density at radius 2 is 1.75 bits per heavy atom. The fraction of sp³-hybridized carbons (Fsp3) is 0.231. The molecular weight excluding hydrogens is 469 g/mol. The third-order valence-corrected chi connectivity index (χ3v) is 6.24.